The maximum atomic E-state index is 10.9. The molecule has 1 N–H and O–H groups in total. The van der Waals surface area contributed by atoms with Crippen molar-refractivity contribution in [3.05, 3.63) is 69.8 Å². The lowest BCUT2D eigenvalue weighted by Gasteiger charge is -2.28. The van der Waals surface area contributed by atoms with Crippen LogP contribution >= 0.6 is 12.2 Å². The van der Waals surface area contributed by atoms with Gasteiger partial charge in [-0.25, -0.2) is 0 Å². The van der Waals surface area contributed by atoms with Gasteiger partial charge >= 0.3 is 0 Å². The zero-order chi connectivity index (χ0) is 18.6. The lowest BCUT2D eigenvalue weighted by Crippen LogP contribution is -2.33. The van der Waals surface area contributed by atoms with E-state index in [-0.39, 0.29) is 16.7 Å². The summed E-state index contributed by atoms with van der Waals surface area (Å²) in [6.07, 6.45) is 0. The van der Waals surface area contributed by atoms with Crippen molar-refractivity contribution in [1.29, 1.82) is 0 Å². The Labute approximate surface area is 153 Å². The molecule has 2 rings (SSSR count). The van der Waals surface area contributed by atoms with Crippen LogP contribution in [0, 0.1) is 10.1 Å². The Morgan fingerprint density at radius 2 is 1.76 bits per heavy atom. The summed E-state index contributed by atoms with van der Waals surface area (Å²) in [6, 6.07) is 14.7. The molecule has 25 heavy (non-hydrogen) atoms. The first-order valence-electron chi connectivity index (χ1n) is 8.17. The van der Waals surface area contributed by atoms with Gasteiger partial charge in [-0.2, -0.15) is 0 Å². The summed E-state index contributed by atoms with van der Waals surface area (Å²) in [6.45, 7) is 6.28. The molecule has 0 fully saturated rings. The number of anilines is 1. The van der Waals surface area contributed by atoms with E-state index in [1.165, 1.54) is 11.6 Å². The number of thiocarbonyl (C=S) groups is 1. The first kappa shape index (κ1) is 18.9. The smallest absolute Gasteiger partial charge is 0.269 e. The number of nitrogens with zero attached hydrogens (tertiary/aromatic N) is 2. The third-order valence-corrected chi connectivity index (χ3v) is 4.68. The Bertz CT molecular complexity index is 760. The van der Waals surface area contributed by atoms with E-state index < -0.39 is 0 Å². The third kappa shape index (κ3) is 4.76. The third-order valence-electron chi connectivity index (χ3n) is 4.29. The van der Waals surface area contributed by atoms with E-state index in [1.54, 1.807) is 12.1 Å². The summed E-state index contributed by atoms with van der Waals surface area (Å²) in [7, 11) is 1.88. The predicted molar refractivity (Wildman–Crippen MR) is 106 cm³/mol. The molecule has 0 unspecified atom stereocenters. The Hall–Kier alpha value is -2.47. The highest BCUT2D eigenvalue weighted by Crippen LogP contribution is 2.24. The molecule has 0 aromatic heterocycles. The quantitative estimate of drug-likeness (QED) is 0.458. The molecule has 2 aromatic rings. The number of benzene rings is 2. The molecule has 1 atom stereocenters. The number of nitro groups is 1. The largest absolute Gasteiger partial charge is 0.345 e. The lowest BCUT2D eigenvalue weighted by atomic mass is 10.0. The SMILES string of the molecule is CC(C)c1ccc(NC(=S)N(C)[C@@H](C)c2cccc([N+](=O)[O-])c2)cc1. The molecule has 0 aliphatic carbocycles. The van der Waals surface area contributed by atoms with Crippen molar-refractivity contribution in [2.24, 2.45) is 0 Å². The maximum Gasteiger partial charge on any atom is 0.269 e. The molecule has 0 aliphatic heterocycles. The van der Waals surface area contributed by atoms with Crippen LogP contribution in [0.1, 0.15) is 43.9 Å². The Morgan fingerprint density at radius 3 is 2.32 bits per heavy atom. The molecule has 0 heterocycles. The lowest BCUT2D eigenvalue weighted by molar-refractivity contribution is -0.384. The molecule has 0 bridgehead atoms. The van der Waals surface area contributed by atoms with Crippen LogP contribution < -0.4 is 5.32 Å². The van der Waals surface area contributed by atoms with Crippen LogP contribution in [0.3, 0.4) is 0 Å². The van der Waals surface area contributed by atoms with E-state index in [0.29, 0.717) is 11.0 Å². The second kappa shape index (κ2) is 8.07. The Kier molecular flexibility index (Phi) is 6.09. The summed E-state index contributed by atoms with van der Waals surface area (Å²) in [5.41, 5.74) is 3.12. The fourth-order valence-corrected chi connectivity index (χ4v) is 2.74. The van der Waals surface area contributed by atoms with E-state index in [4.69, 9.17) is 12.2 Å². The standard InChI is InChI=1S/C19H23N3O2S/c1-13(2)15-8-10-17(11-9-15)20-19(25)21(4)14(3)16-6-5-7-18(12-16)22(23)24/h5-14H,1-4H3,(H,20,25)/t14-/m0/s1. The molecule has 132 valence electrons. The van der Waals surface area contributed by atoms with Crippen molar-refractivity contribution in [2.75, 3.05) is 12.4 Å². The van der Waals surface area contributed by atoms with Gasteiger partial charge < -0.3 is 10.2 Å². The van der Waals surface area contributed by atoms with Crippen molar-refractivity contribution >= 4 is 28.7 Å². The number of rotatable bonds is 5. The number of nitrogens with one attached hydrogen (secondary N) is 1. The first-order valence-corrected chi connectivity index (χ1v) is 8.58. The highest BCUT2D eigenvalue weighted by Gasteiger charge is 2.17. The van der Waals surface area contributed by atoms with Crippen molar-refractivity contribution in [3.63, 3.8) is 0 Å². The summed E-state index contributed by atoms with van der Waals surface area (Å²) in [4.78, 5) is 12.5. The number of hydrogen-bond donors (Lipinski definition) is 1. The van der Waals surface area contributed by atoms with Gasteiger partial charge in [0, 0.05) is 24.9 Å². The molecule has 0 saturated heterocycles. The second-order valence-corrected chi connectivity index (χ2v) is 6.73. The van der Waals surface area contributed by atoms with E-state index in [1.807, 2.05) is 37.1 Å². The Morgan fingerprint density at radius 1 is 1.12 bits per heavy atom. The molecule has 0 saturated carbocycles. The van der Waals surface area contributed by atoms with Crippen molar-refractivity contribution in [2.45, 2.75) is 32.7 Å². The highest BCUT2D eigenvalue weighted by molar-refractivity contribution is 7.80. The van der Waals surface area contributed by atoms with Gasteiger partial charge in [-0.05, 0) is 48.3 Å². The predicted octanol–water partition coefficient (Wildman–Crippen LogP) is 5.11. The molecule has 0 spiro atoms. The fraction of sp³-hybridized carbons (Fsp3) is 0.316. The van der Waals surface area contributed by atoms with Crippen LogP contribution in [0.5, 0.6) is 0 Å². The zero-order valence-electron chi connectivity index (χ0n) is 14.9. The molecule has 0 aliphatic rings. The first-order chi connectivity index (χ1) is 11.8. The topological polar surface area (TPSA) is 58.4 Å². The van der Waals surface area contributed by atoms with Gasteiger partial charge in [-0.1, -0.05) is 38.1 Å². The summed E-state index contributed by atoms with van der Waals surface area (Å²) < 4.78 is 0. The maximum absolute atomic E-state index is 10.9. The molecule has 5 nitrogen and oxygen atoms in total. The summed E-state index contributed by atoms with van der Waals surface area (Å²) in [5, 5.41) is 14.7. The molecule has 2 aromatic carbocycles. The van der Waals surface area contributed by atoms with Gasteiger partial charge in [0.1, 0.15) is 0 Å². The van der Waals surface area contributed by atoms with Gasteiger partial charge in [-0.15, -0.1) is 0 Å². The van der Waals surface area contributed by atoms with E-state index in [2.05, 4.69) is 31.3 Å². The van der Waals surface area contributed by atoms with Gasteiger partial charge in [0.2, 0.25) is 0 Å². The van der Waals surface area contributed by atoms with Gasteiger partial charge in [-0.3, -0.25) is 10.1 Å². The van der Waals surface area contributed by atoms with Crippen LogP contribution in [0.25, 0.3) is 0 Å². The highest BCUT2D eigenvalue weighted by atomic mass is 32.1. The van der Waals surface area contributed by atoms with Crippen LogP contribution in [0.15, 0.2) is 48.5 Å². The van der Waals surface area contributed by atoms with Crippen LogP contribution in [-0.2, 0) is 0 Å². The average molecular weight is 357 g/mol. The fourth-order valence-electron chi connectivity index (χ4n) is 2.46. The average Bonchev–Trinajstić information content (AvgIpc) is 2.60. The van der Waals surface area contributed by atoms with Crippen molar-refractivity contribution < 1.29 is 4.92 Å². The van der Waals surface area contributed by atoms with E-state index in [0.717, 1.165) is 11.3 Å². The number of non-ortho nitro benzene ring substituents is 1. The van der Waals surface area contributed by atoms with Gasteiger partial charge in [0.15, 0.2) is 5.11 Å². The number of nitro benzene ring substituents is 1. The number of hydrogen-bond acceptors (Lipinski definition) is 3. The minimum absolute atomic E-state index is 0.0842. The summed E-state index contributed by atoms with van der Waals surface area (Å²) >= 11 is 5.48. The summed E-state index contributed by atoms with van der Waals surface area (Å²) in [5.74, 6) is 0.484. The molecular formula is C19H23N3O2S. The molecule has 0 amide bonds. The van der Waals surface area contributed by atoms with E-state index in [9.17, 15) is 10.1 Å². The van der Waals surface area contributed by atoms with E-state index >= 15 is 0 Å². The molecule has 6 heteroatoms. The van der Waals surface area contributed by atoms with Crippen LogP contribution in [-0.4, -0.2) is 22.0 Å². The minimum Gasteiger partial charge on any atom is -0.345 e. The molecular weight excluding hydrogens is 334 g/mol. The van der Waals surface area contributed by atoms with Crippen molar-refractivity contribution in [1.82, 2.24) is 4.90 Å². The van der Waals surface area contributed by atoms with Crippen molar-refractivity contribution in [3.8, 4) is 0 Å². The van der Waals surface area contributed by atoms with Gasteiger partial charge in [0.25, 0.3) is 5.69 Å². The normalized spacial score (nSPS) is 11.9. The monoisotopic (exact) mass is 357 g/mol. The minimum atomic E-state index is -0.386. The Balaban J connectivity index is 2.08. The van der Waals surface area contributed by atoms with Crippen LogP contribution in [0.2, 0.25) is 0 Å². The zero-order valence-corrected chi connectivity index (χ0v) is 15.7. The second-order valence-electron chi connectivity index (χ2n) is 6.35. The molecule has 0 radical (unpaired) electrons. The van der Waals surface area contributed by atoms with Crippen LogP contribution in [0.4, 0.5) is 11.4 Å². The van der Waals surface area contributed by atoms with Gasteiger partial charge in [0.05, 0.1) is 11.0 Å².